The summed E-state index contributed by atoms with van der Waals surface area (Å²) in [5, 5.41) is 13.3. The van der Waals surface area contributed by atoms with Gasteiger partial charge in [0.1, 0.15) is 5.82 Å². The largest absolute Gasteiger partial charge is 0.389 e. The summed E-state index contributed by atoms with van der Waals surface area (Å²) in [6.45, 7) is 8.08. The molecule has 120 valence electrons. The summed E-state index contributed by atoms with van der Waals surface area (Å²) in [6, 6.07) is 3.29. The second-order valence-corrected chi connectivity index (χ2v) is 6.25. The van der Waals surface area contributed by atoms with Gasteiger partial charge in [-0.3, -0.25) is 4.98 Å². The molecule has 0 aliphatic heterocycles. The van der Waals surface area contributed by atoms with Gasteiger partial charge in [0.2, 0.25) is 0 Å². The van der Waals surface area contributed by atoms with Crippen molar-refractivity contribution in [2.75, 3.05) is 26.7 Å². The fourth-order valence-corrected chi connectivity index (χ4v) is 2.36. The highest BCUT2D eigenvalue weighted by Crippen LogP contribution is 2.16. The van der Waals surface area contributed by atoms with Crippen LogP contribution in [0.4, 0.5) is 4.39 Å². The van der Waals surface area contributed by atoms with E-state index >= 15 is 0 Å². The zero-order valence-electron chi connectivity index (χ0n) is 13.6. The average Bonchev–Trinajstić information content (AvgIpc) is 2.38. The molecule has 0 bridgehead atoms. The number of rotatable bonds is 9. The Kier molecular flexibility index (Phi) is 7.22. The predicted octanol–water partition coefficient (Wildman–Crippen LogP) is 2.35. The molecule has 0 aromatic carbocycles. The van der Waals surface area contributed by atoms with Crippen LogP contribution in [0, 0.1) is 5.82 Å². The number of likely N-dealkylation sites (N-methyl/N-ethyl adjacent to an activating group) is 1. The first-order valence-corrected chi connectivity index (χ1v) is 7.57. The highest BCUT2D eigenvalue weighted by Gasteiger charge is 2.18. The van der Waals surface area contributed by atoms with Crippen molar-refractivity contribution in [2.24, 2.45) is 0 Å². The van der Waals surface area contributed by atoms with Crippen molar-refractivity contribution in [2.45, 2.75) is 45.3 Å². The number of nitrogens with zero attached hydrogens (tertiary/aromatic N) is 2. The zero-order chi connectivity index (χ0) is 15.9. The van der Waals surface area contributed by atoms with Crippen LogP contribution < -0.4 is 5.32 Å². The van der Waals surface area contributed by atoms with Gasteiger partial charge in [-0.25, -0.2) is 4.39 Å². The van der Waals surface area contributed by atoms with E-state index in [1.54, 1.807) is 19.9 Å². The van der Waals surface area contributed by atoms with Gasteiger partial charge in [0.15, 0.2) is 0 Å². The van der Waals surface area contributed by atoms with E-state index in [1.807, 2.05) is 7.05 Å². The fraction of sp³-hybridized carbons (Fsp3) is 0.688. The number of aliphatic hydroxyl groups is 1. The minimum atomic E-state index is -0.699. The van der Waals surface area contributed by atoms with Crippen LogP contribution in [-0.4, -0.2) is 47.3 Å². The SMILES string of the molecule is CCCNC(CCN(C)CC(C)(C)O)c1ccc(F)cn1. The molecule has 0 amide bonds. The lowest BCUT2D eigenvalue weighted by Gasteiger charge is -2.27. The zero-order valence-corrected chi connectivity index (χ0v) is 13.6. The van der Waals surface area contributed by atoms with Gasteiger partial charge in [0, 0.05) is 6.54 Å². The third-order valence-electron chi connectivity index (χ3n) is 3.20. The Balaban J connectivity index is 2.60. The molecule has 2 N–H and O–H groups in total. The third kappa shape index (κ3) is 7.50. The van der Waals surface area contributed by atoms with E-state index in [4.69, 9.17) is 0 Å². The number of pyridine rings is 1. The van der Waals surface area contributed by atoms with E-state index in [0.717, 1.165) is 31.6 Å². The maximum absolute atomic E-state index is 13.0. The van der Waals surface area contributed by atoms with Gasteiger partial charge in [-0.05, 0) is 59.0 Å². The maximum atomic E-state index is 13.0. The lowest BCUT2D eigenvalue weighted by molar-refractivity contribution is 0.0435. The second kappa shape index (κ2) is 8.41. The molecule has 21 heavy (non-hydrogen) atoms. The van der Waals surface area contributed by atoms with Crippen LogP contribution >= 0.6 is 0 Å². The van der Waals surface area contributed by atoms with Crippen LogP contribution in [0.15, 0.2) is 18.3 Å². The number of hydrogen-bond donors (Lipinski definition) is 2. The molecular formula is C16H28FN3O. The monoisotopic (exact) mass is 297 g/mol. The lowest BCUT2D eigenvalue weighted by atomic mass is 10.1. The summed E-state index contributed by atoms with van der Waals surface area (Å²) >= 11 is 0. The summed E-state index contributed by atoms with van der Waals surface area (Å²) in [7, 11) is 1.99. The molecule has 5 heteroatoms. The summed E-state index contributed by atoms with van der Waals surface area (Å²) in [4.78, 5) is 6.28. The van der Waals surface area contributed by atoms with E-state index in [1.165, 1.54) is 12.3 Å². The van der Waals surface area contributed by atoms with Gasteiger partial charge in [-0.15, -0.1) is 0 Å². The first-order valence-electron chi connectivity index (χ1n) is 7.57. The van der Waals surface area contributed by atoms with E-state index in [2.05, 4.69) is 22.1 Å². The highest BCUT2D eigenvalue weighted by atomic mass is 19.1. The number of aromatic nitrogens is 1. The van der Waals surface area contributed by atoms with Gasteiger partial charge in [-0.2, -0.15) is 0 Å². The van der Waals surface area contributed by atoms with Gasteiger partial charge in [0.25, 0.3) is 0 Å². The molecule has 0 spiro atoms. The molecule has 1 unspecified atom stereocenters. The minimum Gasteiger partial charge on any atom is -0.389 e. The van der Waals surface area contributed by atoms with E-state index in [9.17, 15) is 9.50 Å². The van der Waals surface area contributed by atoms with Crippen LogP contribution in [-0.2, 0) is 0 Å². The Morgan fingerprint density at radius 2 is 2.14 bits per heavy atom. The molecule has 1 aromatic heterocycles. The fourth-order valence-electron chi connectivity index (χ4n) is 2.36. The first-order chi connectivity index (χ1) is 9.81. The molecule has 1 aromatic rings. The first kappa shape index (κ1) is 18.0. The van der Waals surface area contributed by atoms with Crippen molar-refractivity contribution >= 4 is 0 Å². The Morgan fingerprint density at radius 1 is 1.43 bits per heavy atom. The predicted molar refractivity (Wildman–Crippen MR) is 83.6 cm³/mol. The van der Waals surface area contributed by atoms with Gasteiger partial charge < -0.3 is 15.3 Å². The average molecular weight is 297 g/mol. The van der Waals surface area contributed by atoms with E-state index in [-0.39, 0.29) is 11.9 Å². The molecule has 0 radical (unpaired) electrons. The van der Waals surface area contributed by atoms with Gasteiger partial charge >= 0.3 is 0 Å². The van der Waals surface area contributed by atoms with Crippen molar-refractivity contribution in [1.82, 2.24) is 15.2 Å². The maximum Gasteiger partial charge on any atom is 0.141 e. The smallest absolute Gasteiger partial charge is 0.141 e. The standard InChI is InChI=1S/C16H28FN3O/c1-5-9-18-15(14-7-6-13(17)11-19-14)8-10-20(4)12-16(2,3)21/h6-7,11,15,18,21H,5,8-10,12H2,1-4H3. The molecule has 1 rings (SSSR count). The summed E-state index contributed by atoms with van der Waals surface area (Å²) in [6.07, 6.45) is 3.17. The van der Waals surface area contributed by atoms with Crippen LogP contribution in [0.5, 0.6) is 0 Å². The molecule has 0 saturated heterocycles. The minimum absolute atomic E-state index is 0.106. The van der Waals surface area contributed by atoms with Gasteiger partial charge in [-0.1, -0.05) is 6.92 Å². The summed E-state index contributed by atoms with van der Waals surface area (Å²) < 4.78 is 13.0. The molecule has 0 saturated carbocycles. The van der Waals surface area contributed by atoms with Crippen molar-refractivity contribution < 1.29 is 9.50 Å². The topological polar surface area (TPSA) is 48.4 Å². The Hall–Kier alpha value is -1.04. The van der Waals surface area contributed by atoms with E-state index in [0.29, 0.717) is 6.54 Å². The number of hydrogen-bond acceptors (Lipinski definition) is 4. The van der Waals surface area contributed by atoms with Gasteiger partial charge in [0.05, 0.1) is 23.5 Å². The summed E-state index contributed by atoms with van der Waals surface area (Å²) in [5.41, 5.74) is 0.163. The second-order valence-electron chi connectivity index (χ2n) is 6.25. The van der Waals surface area contributed by atoms with Crippen molar-refractivity contribution in [3.63, 3.8) is 0 Å². The number of halogens is 1. The van der Waals surface area contributed by atoms with Crippen LogP contribution in [0.2, 0.25) is 0 Å². The molecule has 4 nitrogen and oxygen atoms in total. The highest BCUT2D eigenvalue weighted by molar-refractivity contribution is 5.10. The van der Waals surface area contributed by atoms with Crippen LogP contribution in [0.3, 0.4) is 0 Å². The van der Waals surface area contributed by atoms with Crippen molar-refractivity contribution in [1.29, 1.82) is 0 Å². The Labute approximate surface area is 127 Å². The van der Waals surface area contributed by atoms with E-state index < -0.39 is 5.60 Å². The molecular weight excluding hydrogens is 269 g/mol. The summed E-state index contributed by atoms with van der Waals surface area (Å²) in [5.74, 6) is -0.313. The Morgan fingerprint density at radius 3 is 2.67 bits per heavy atom. The molecule has 0 aliphatic rings. The molecule has 0 aliphatic carbocycles. The lowest BCUT2D eigenvalue weighted by Crippen LogP contribution is -2.38. The molecule has 1 heterocycles. The third-order valence-corrected chi connectivity index (χ3v) is 3.20. The van der Waals surface area contributed by atoms with Crippen LogP contribution in [0.25, 0.3) is 0 Å². The molecule has 1 atom stereocenters. The normalized spacial score (nSPS) is 13.7. The quantitative estimate of drug-likeness (QED) is 0.734. The molecule has 0 fully saturated rings. The van der Waals surface area contributed by atoms with Crippen molar-refractivity contribution in [3.8, 4) is 0 Å². The van der Waals surface area contributed by atoms with Crippen LogP contribution in [0.1, 0.15) is 45.3 Å². The Bertz CT molecular complexity index is 403. The number of nitrogens with one attached hydrogen (secondary N) is 1. The van der Waals surface area contributed by atoms with Crippen molar-refractivity contribution in [3.05, 3.63) is 29.8 Å².